The maximum absolute atomic E-state index is 4.50. The normalized spacial score (nSPS) is 11.0. The third kappa shape index (κ3) is 2.91. The Kier molecular flexibility index (Phi) is 4.69. The van der Waals surface area contributed by atoms with E-state index >= 15 is 0 Å². The van der Waals surface area contributed by atoms with E-state index < -0.39 is 0 Å². The fourth-order valence-electron chi connectivity index (χ4n) is 3.83. The summed E-state index contributed by atoms with van der Waals surface area (Å²) in [5.74, 6) is 0. The van der Waals surface area contributed by atoms with Crippen molar-refractivity contribution in [1.82, 2.24) is 0 Å². The molecule has 27 heavy (non-hydrogen) atoms. The lowest BCUT2D eigenvalue weighted by Crippen LogP contribution is -1.87. The molecule has 0 saturated carbocycles. The van der Waals surface area contributed by atoms with Gasteiger partial charge in [-0.05, 0) is 72.1 Å². The van der Waals surface area contributed by atoms with Crippen molar-refractivity contribution in [3.8, 4) is 11.1 Å². The molecule has 0 aliphatic carbocycles. The van der Waals surface area contributed by atoms with E-state index in [1.54, 1.807) is 0 Å². The van der Waals surface area contributed by atoms with Gasteiger partial charge in [0.25, 0.3) is 0 Å². The Morgan fingerprint density at radius 2 is 1.37 bits per heavy atom. The Bertz CT molecular complexity index is 1260. The summed E-state index contributed by atoms with van der Waals surface area (Å²) in [6.45, 7) is 4.42. The van der Waals surface area contributed by atoms with Gasteiger partial charge in [0.1, 0.15) is 0 Å². The molecular formula is C25H23NS. The van der Waals surface area contributed by atoms with Crippen molar-refractivity contribution in [3.05, 3.63) is 83.9 Å². The van der Waals surface area contributed by atoms with Crippen LogP contribution in [0.2, 0.25) is 0 Å². The molecule has 0 aliphatic heterocycles. The van der Waals surface area contributed by atoms with Gasteiger partial charge < -0.3 is 5.73 Å². The zero-order chi connectivity index (χ0) is 19.0. The molecule has 5 rings (SSSR count). The topological polar surface area (TPSA) is 26.0 Å². The number of fused-ring (bicyclic) bond motifs is 5. The maximum atomic E-state index is 4.50. The first-order valence-electron chi connectivity index (χ1n) is 9.21. The van der Waals surface area contributed by atoms with Crippen molar-refractivity contribution in [2.75, 3.05) is 7.05 Å². The molecule has 0 radical (unpaired) electrons. The SMILES string of the molecule is CN.Cc1ccccc1-c1cc2ccc3c4ccccc4sc3c2cc1C. The molecule has 0 saturated heterocycles. The summed E-state index contributed by atoms with van der Waals surface area (Å²) in [4.78, 5) is 0. The smallest absolute Gasteiger partial charge is 0.0433 e. The Morgan fingerprint density at radius 3 is 2.19 bits per heavy atom. The lowest BCUT2D eigenvalue weighted by molar-refractivity contribution is 1.42. The highest BCUT2D eigenvalue weighted by Crippen LogP contribution is 2.40. The van der Waals surface area contributed by atoms with Crippen LogP contribution in [0.1, 0.15) is 11.1 Å². The van der Waals surface area contributed by atoms with Gasteiger partial charge in [0.2, 0.25) is 0 Å². The number of benzene rings is 4. The second-order valence-electron chi connectivity index (χ2n) is 6.74. The van der Waals surface area contributed by atoms with Crippen LogP contribution in [0, 0.1) is 13.8 Å². The molecule has 0 amide bonds. The van der Waals surface area contributed by atoms with E-state index in [9.17, 15) is 0 Å². The van der Waals surface area contributed by atoms with Crippen LogP contribution < -0.4 is 5.73 Å². The van der Waals surface area contributed by atoms with Crippen LogP contribution in [0.5, 0.6) is 0 Å². The van der Waals surface area contributed by atoms with Gasteiger partial charge in [-0.15, -0.1) is 11.3 Å². The van der Waals surface area contributed by atoms with Gasteiger partial charge in [0.05, 0.1) is 0 Å². The van der Waals surface area contributed by atoms with E-state index in [1.165, 1.54) is 60.2 Å². The molecule has 0 unspecified atom stereocenters. The van der Waals surface area contributed by atoms with E-state index in [1.807, 2.05) is 11.3 Å². The van der Waals surface area contributed by atoms with Crippen LogP contribution in [0.4, 0.5) is 0 Å². The van der Waals surface area contributed by atoms with Crippen molar-refractivity contribution in [2.45, 2.75) is 13.8 Å². The van der Waals surface area contributed by atoms with Crippen LogP contribution in [0.15, 0.2) is 72.8 Å². The minimum Gasteiger partial charge on any atom is -0.333 e. The Hall–Kier alpha value is -2.68. The fraction of sp³-hybridized carbons (Fsp3) is 0.120. The van der Waals surface area contributed by atoms with Gasteiger partial charge in [-0.2, -0.15) is 0 Å². The number of hydrogen-bond acceptors (Lipinski definition) is 2. The molecule has 0 atom stereocenters. The quantitative estimate of drug-likeness (QED) is 0.336. The summed E-state index contributed by atoms with van der Waals surface area (Å²) in [6, 6.07) is 26.6. The Labute approximate surface area is 164 Å². The molecule has 0 spiro atoms. The van der Waals surface area contributed by atoms with Gasteiger partial charge >= 0.3 is 0 Å². The molecule has 0 aliphatic rings. The van der Waals surface area contributed by atoms with Gasteiger partial charge in [-0.3, -0.25) is 0 Å². The first-order valence-corrected chi connectivity index (χ1v) is 10.0. The lowest BCUT2D eigenvalue weighted by atomic mass is 9.93. The van der Waals surface area contributed by atoms with Gasteiger partial charge in [0.15, 0.2) is 0 Å². The number of aryl methyl sites for hydroxylation is 2. The van der Waals surface area contributed by atoms with Gasteiger partial charge in [-0.25, -0.2) is 0 Å². The van der Waals surface area contributed by atoms with Crippen LogP contribution in [0.3, 0.4) is 0 Å². The third-order valence-corrected chi connectivity index (χ3v) is 6.36. The summed E-state index contributed by atoms with van der Waals surface area (Å²) >= 11 is 1.90. The van der Waals surface area contributed by atoms with Gasteiger partial charge in [0, 0.05) is 20.2 Å². The zero-order valence-corrected chi connectivity index (χ0v) is 16.7. The molecule has 1 heterocycles. The summed E-state index contributed by atoms with van der Waals surface area (Å²) in [5.41, 5.74) is 9.84. The monoisotopic (exact) mass is 369 g/mol. The standard InChI is InChI=1S/C24H18S.CH5N/c1-15-7-3-4-8-18(15)21-14-17-11-12-20-19-9-5-6-10-23(19)25-24(20)22(17)13-16(21)2;1-2/h3-14H,1-2H3;2H2,1H3. The minimum absolute atomic E-state index is 1.32. The summed E-state index contributed by atoms with van der Waals surface area (Å²) in [5, 5.41) is 5.43. The summed E-state index contributed by atoms with van der Waals surface area (Å²) < 4.78 is 2.77. The molecule has 4 aromatic carbocycles. The molecule has 0 bridgehead atoms. The van der Waals surface area contributed by atoms with Gasteiger partial charge in [-0.1, -0.05) is 54.6 Å². The molecule has 1 aromatic heterocycles. The summed E-state index contributed by atoms with van der Waals surface area (Å²) in [7, 11) is 1.50. The van der Waals surface area contributed by atoms with E-state index in [2.05, 4.69) is 92.4 Å². The number of hydrogen-bond donors (Lipinski definition) is 1. The highest BCUT2D eigenvalue weighted by molar-refractivity contribution is 7.26. The maximum Gasteiger partial charge on any atom is 0.0433 e. The first kappa shape index (κ1) is 17.7. The van der Waals surface area contributed by atoms with E-state index in [0.29, 0.717) is 0 Å². The van der Waals surface area contributed by atoms with Crippen molar-refractivity contribution < 1.29 is 0 Å². The molecule has 134 valence electrons. The molecule has 2 N–H and O–H groups in total. The molecule has 0 fully saturated rings. The highest BCUT2D eigenvalue weighted by Gasteiger charge is 2.11. The minimum atomic E-state index is 1.32. The largest absolute Gasteiger partial charge is 0.333 e. The predicted molar refractivity (Wildman–Crippen MR) is 122 cm³/mol. The molecule has 1 nitrogen and oxygen atoms in total. The van der Waals surface area contributed by atoms with Crippen molar-refractivity contribution in [1.29, 1.82) is 0 Å². The van der Waals surface area contributed by atoms with Crippen LogP contribution in [-0.4, -0.2) is 7.05 Å². The predicted octanol–water partition coefficient (Wildman–Crippen LogP) is 7.07. The molecule has 2 heteroatoms. The van der Waals surface area contributed by atoms with E-state index in [0.717, 1.165) is 0 Å². The number of rotatable bonds is 1. The van der Waals surface area contributed by atoms with E-state index in [-0.39, 0.29) is 0 Å². The van der Waals surface area contributed by atoms with E-state index in [4.69, 9.17) is 0 Å². The Morgan fingerprint density at radius 1 is 0.630 bits per heavy atom. The Balaban J connectivity index is 0.000000872. The second-order valence-corrected chi connectivity index (χ2v) is 7.80. The van der Waals surface area contributed by atoms with Crippen molar-refractivity contribution in [2.24, 2.45) is 5.73 Å². The fourth-order valence-corrected chi connectivity index (χ4v) is 5.06. The van der Waals surface area contributed by atoms with Crippen LogP contribution in [0.25, 0.3) is 42.1 Å². The first-order chi connectivity index (χ1) is 13.2. The highest BCUT2D eigenvalue weighted by atomic mass is 32.1. The van der Waals surface area contributed by atoms with Crippen molar-refractivity contribution in [3.63, 3.8) is 0 Å². The zero-order valence-electron chi connectivity index (χ0n) is 15.9. The van der Waals surface area contributed by atoms with Crippen LogP contribution >= 0.6 is 11.3 Å². The summed E-state index contributed by atoms with van der Waals surface area (Å²) in [6.07, 6.45) is 0. The average Bonchev–Trinajstić information content (AvgIpc) is 3.09. The van der Waals surface area contributed by atoms with Crippen molar-refractivity contribution >= 4 is 42.3 Å². The number of nitrogens with two attached hydrogens (primary N) is 1. The lowest BCUT2D eigenvalue weighted by Gasteiger charge is -2.11. The average molecular weight is 370 g/mol. The third-order valence-electron chi connectivity index (χ3n) is 5.14. The van der Waals surface area contributed by atoms with Crippen LogP contribution in [-0.2, 0) is 0 Å². The number of thiophene rings is 1. The second kappa shape index (κ2) is 7.15. The molecular weight excluding hydrogens is 346 g/mol. The molecule has 5 aromatic rings.